The molecule has 0 radical (unpaired) electrons. The van der Waals surface area contributed by atoms with Crippen LogP contribution in [0.1, 0.15) is 39.7 Å². The average Bonchev–Trinajstić information content (AvgIpc) is 2.37. The monoisotopic (exact) mass is 260 g/mol. The Morgan fingerprint density at radius 2 is 2.00 bits per heavy atom. The Morgan fingerprint density at radius 1 is 1.26 bits per heavy atom. The highest BCUT2D eigenvalue weighted by molar-refractivity contribution is 5.55. The Hall–Kier alpha value is -1.02. The molecule has 2 rings (SSSR count). The number of hydrogen-bond acceptors (Lipinski definition) is 2. The Morgan fingerprint density at radius 3 is 2.74 bits per heavy atom. The molecule has 0 aromatic heterocycles. The van der Waals surface area contributed by atoms with E-state index in [1.807, 2.05) is 0 Å². The summed E-state index contributed by atoms with van der Waals surface area (Å²) in [5, 5.41) is 3.57. The average molecular weight is 260 g/mol. The van der Waals surface area contributed by atoms with Gasteiger partial charge in [0.1, 0.15) is 0 Å². The van der Waals surface area contributed by atoms with Crippen LogP contribution in [0.3, 0.4) is 0 Å². The van der Waals surface area contributed by atoms with Crippen molar-refractivity contribution >= 4 is 5.69 Å². The van der Waals surface area contributed by atoms with Crippen LogP contribution in [0, 0.1) is 5.41 Å². The Balaban J connectivity index is 2.03. The molecule has 1 aliphatic rings. The number of benzene rings is 1. The van der Waals surface area contributed by atoms with Crippen LogP contribution in [0.25, 0.3) is 0 Å². The Bertz CT molecular complexity index is 409. The normalized spacial score (nSPS) is 15.7. The number of rotatable bonds is 5. The number of para-hydroxylation sites is 1. The zero-order valence-electron chi connectivity index (χ0n) is 12.9. The van der Waals surface area contributed by atoms with Gasteiger partial charge in [-0.2, -0.15) is 0 Å². The molecule has 0 aliphatic carbocycles. The van der Waals surface area contributed by atoms with Gasteiger partial charge in [0.2, 0.25) is 0 Å². The lowest BCUT2D eigenvalue weighted by Gasteiger charge is -2.38. The second-order valence-corrected chi connectivity index (χ2v) is 6.85. The first-order chi connectivity index (χ1) is 8.98. The molecule has 0 bridgehead atoms. The molecule has 19 heavy (non-hydrogen) atoms. The molecule has 106 valence electrons. The van der Waals surface area contributed by atoms with Crippen molar-refractivity contribution < 1.29 is 0 Å². The molecule has 1 aromatic rings. The van der Waals surface area contributed by atoms with Crippen LogP contribution >= 0.6 is 0 Å². The first-order valence-corrected chi connectivity index (χ1v) is 7.54. The zero-order valence-corrected chi connectivity index (χ0v) is 12.9. The van der Waals surface area contributed by atoms with Gasteiger partial charge in [-0.05, 0) is 29.9 Å². The molecule has 0 spiro atoms. The summed E-state index contributed by atoms with van der Waals surface area (Å²) in [6.07, 6.45) is 2.52. The van der Waals surface area contributed by atoms with Gasteiger partial charge in [-0.25, -0.2) is 0 Å². The fraction of sp³-hybridized carbons (Fsp3) is 0.647. The van der Waals surface area contributed by atoms with E-state index >= 15 is 0 Å². The van der Waals surface area contributed by atoms with Crippen LogP contribution in [-0.2, 0) is 6.42 Å². The third kappa shape index (κ3) is 3.97. The molecule has 0 saturated heterocycles. The Labute approximate surface area is 118 Å². The van der Waals surface area contributed by atoms with E-state index in [9.17, 15) is 0 Å². The van der Waals surface area contributed by atoms with E-state index in [2.05, 4.69) is 62.2 Å². The van der Waals surface area contributed by atoms with E-state index in [1.165, 1.54) is 30.6 Å². The molecule has 0 amide bonds. The van der Waals surface area contributed by atoms with Crippen LogP contribution in [-0.4, -0.2) is 25.7 Å². The van der Waals surface area contributed by atoms with Crippen LogP contribution in [0.4, 0.5) is 5.69 Å². The summed E-state index contributed by atoms with van der Waals surface area (Å²) >= 11 is 0. The molecule has 0 saturated carbocycles. The van der Waals surface area contributed by atoms with Gasteiger partial charge in [0.15, 0.2) is 0 Å². The van der Waals surface area contributed by atoms with Gasteiger partial charge >= 0.3 is 0 Å². The van der Waals surface area contributed by atoms with Gasteiger partial charge in [0, 0.05) is 31.4 Å². The van der Waals surface area contributed by atoms with E-state index in [0.717, 1.165) is 13.1 Å². The lowest BCUT2D eigenvalue weighted by Crippen LogP contribution is -2.43. The van der Waals surface area contributed by atoms with E-state index < -0.39 is 0 Å². The summed E-state index contributed by atoms with van der Waals surface area (Å²) in [7, 11) is 0. The minimum atomic E-state index is 0.300. The van der Waals surface area contributed by atoms with Crippen molar-refractivity contribution in [2.45, 2.75) is 46.6 Å². The summed E-state index contributed by atoms with van der Waals surface area (Å²) in [6.45, 7) is 12.5. The molecule has 1 N–H and O–H groups in total. The summed E-state index contributed by atoms with van der Waals surface area (Å²) in [5.74, 6) is 0. The number of nitrogens with one attached hydrogen (secondary N) is 1. The van der Waals surface area contributed by atoms with Crippen LogP contribution in [0.2, 0.25) is 0 Å². The molecular formula is C17H28N2. The summed E-state index contributed by atoms with van der Waals surface area (Å²) in [5.41, 5.74) is 3.27. The number of anilines is 1. The number of fused-ring (bicyclic) bond motifs is 1. The van der Waals surface area contributed by atoms with Crippen LogP contribution in [0.5, 0.6) is 0 Å². The highest BCUT2D eigenvalue weighted by atomic mass is 15.1. The minimum absolute atomic E-state index is 0.300. The van der Waals surface area contributed by atoms with Crippen molar-refractivity contribution in [2.24, 2.45) is 5.41 Å². The molecule has 1 heterocycles. The molecule has 2 nitrogen and oxygen atoms in total. The first-order valence-electron chi connectivity index (χ1n) is 7.54. The van der Waals surface area contributed by atoms with Gasteiger partial charge in [-0.15, -0.1) is 0 Å². The van der Waals surface area contributed by atoms with E-state index in [4.69, 9.17) is 0 Å². The van der Waals surface area contributed by atoms with Crippen LogP contribution in [0.15, 0.2) is 24.3 Å². The summed E-state index contributed by atoms with van der Waals surface area (Å²) in [4.78, 5) is 2.57. The van der Waals surface area contributed by atoms with Gasteiger partial charge < -0.3 is 10.2 Å². The van der Waals surface area contributed by atoms with E-state index in [1.54, 1.807) is 0 Å². The van der Waals surface area contributed by atoms with E-state index in [-0.39, 0.29) is 0 Å². The number of hydrogen-bond donors (Lipinski definition) is 1. The van der Waals surface area contributed by atoms with Crippen LogP contribution < -0.4 is 10.2 Å². The number of nitrogens with zero attached hydrogens (tertiary/aromatic N) is 1. The maximum absolute atomic E-state index is 3.57. The first kappa shape index (κ1) is 14.4. The van der Waals surface area contributed by atoms with Gasteiger partial charge in [0.25, 0.3) is 0 Å². The van der Waals surface area contributed by atoms with Gasteiger partial charge in [-0.1, -0.05) is 45.9 Å². The molecule has 1 aliphatic heterocycles. The predicted molar refractivity (Wildman–Crippen MR) is 83.9 cm³/mol. The van der Waals surface area contributed by atoms with Crippen molar-refractivity contribution in [2.75, 3.05) is 24.5 Å². The maximum Gasteiger partial charge on any atom is 0.0398 e. The molecule has 0 fully saturated rings. The largest absolute Gasteiger partial charge is 0.371 e. The molecule has 0 atom stereocenters. The van der Waals surface area contributed by atoms with Gasteiger partial charge in [0.05, 0.1) is 0 Å². The van der Waals surface area contributed by atoms with Crippen molar-refractivity contribution in [3.8, 4) is 0 Å². The summed E-state index contributed by atoms with van der Waals surface area (Å²) in [6, 6.07) is 9.44. The van der Waals surface area contributed by atoms with Crippen molar-refractivity contribution in [3.05, 3.63) is 29.8 Å². The van der Waals surface area contributed by atoms with Crippen molar-refractivity contribution in [3.63, 3.8) is 0 Å². The third-order valence-corrected chi connectivity index (χ3v) is 3.81. The Kier molecular flexibility index (Phi) is 4.51. The highest BCUT2D eigenvalue weighted by Crippen LogP contribution is 2.29. The maximum atomic E-state index is 3.57. The quantitative estimate of drug-likeness (QED) is 0.872. The summed E-state index contributed by atoms with van der Waals surface area (Å²) < 4.78 is 0. The second-order valence-electron chi connectivity index (χ2n) is 6.85. The van der Waals surface area contributed by atoms with E-state index in [0.29, 0.717) is 11.5 Å². The minimum Gasteiger partial charge on any atom is -0.371 e. The highest BCUT2D eigenvalue weighted by Gasteiger charge is 2.25. The fourth-order valence-corrected chi connectivity index (χ4v) is 2.83. The topological polar surface area (TPSA) is 15.3 Å². The fourth-order valence-electron chi connectivity index (χ4n) is 2.83. The van der Waals surface area contributed by atoms with Crippen molar-refractivity contribution in [1.29, 1.82) is 0 Å². The molecular weight excluding hydrogens is 232 g/mol. The molecule has 0 unspecified atom stereocenters. The van der Waals surface area contributed by atoms with Gasteiger partial charge in [-0.3, -0.25) is 0 Å². The standard InChI is InChI=1S/C17H28N2/c1-14(2)18-12-17(3,4)13-19-11-7-9-15-8-5-6-10-16(15)19/h5-6,8,10,14,18H,7,9,11-13H2,1-4H3. The molecule has 2 heteroatoms. The SMILES string of the molecule is CC(C)NCC(C)(C)CN1CCCc2ccccc21. The lowest BCUT2D eigenvalue weighted by atomic mass is 9.90. The molecule has 1 aromatic carbocycles. The number of aryl methyl sites for hydroxylation is 1. The second kappa shape index (κ2) is 5.96. The third-order valence-electron chi connectivity index (χ3n) is 3.81. The lowest BCUT2D eigenvalue weighted by molar-refractivity contribution is 0.327. The smallest absolute Gasteiger partial charge is 0.0398 e. The predicted octanol–water partition coefficient (Wildman–Crippen LogP) is 3.46. The zero-order chi connectivity index (χ0) is 13.9. The van der Waals surface area contributed by atoms with Crippen molar-refractivity contribution in [1.82, 2.24) is 5.32 Å².